The van der Waals surface area contributed by atoms with Gasteiger partial charge in [0.15, 0.2) is 11.0 Å². The van der Waals surface area contributed by atoms with E-state index >= 15 is 0 Å². The van der Waals surface area contributed by atoms with Crippen molar-refractivity contribution in [1.82, 2.24) is 15.1 Å². The van der Waals surface area contributed by atoms with E-state index in [1.165, 1.54) is 4.90 Å². The Balaban J connectivity index is 1.98. The number of carboxylic acid groups (broad SMARTS) is 1. The zero-order valence-electron chi connectivity index (χ0n) is 10.1. The molecule has 6 nitrogen and oxygen atoms in total. The molecule has 0 saturated carbocycles. The lowest BCUT2D eigenvalue weighted by molar-refractivity contribution is 0.128. The van der Waals surface area contributed by atoms with Crippen molar-refractivity contribution in [2.24, 2.45) is 0 Å². The molecule has 2 aliphatic rings. The van der Waals surface area contributed by atoms with Crippen molar-refractivity contribution in [3.8, 4) is 0 Å². The van der Waals surface area contributed by atoms with Crippen molar-refractivity contribution in [1.29, 1.82) is 0 Å². The number of fused-ring (bicyclic) bond motifs is 2. The Morgan fingerprint density at radius 2 is 2.26 bits per heavy atom. The molecule has 2 aliphatic heterocycles. The van der Waals surface area contributed by atoms with Gasteiger partial charge in [0.1, 0.15) is 0 Å². The number of rotatable bonds is 1. The summed E-state index contributed by atoms with van der Waals surface area (Å²) in [7, 11) is 0. The molecule has 0 aromatic carbocycles. The average Bonchev–Trinajstić information content (AvgIpc) is 2.64. The molecule has 19 heavy (non-hydrogen) atoms. The molecule has 0 spiro atoms. The fourth-order valence-electron chi connectivity index (χ4n) is 2.96. The van der Waals surface area contributed by atoms with Crippen molar-refractivity contribution < 1.29 is 9.90 Å². The summed E-state index contributed by atoms with van der Waals surface area (Å²) in [5, 5.41) is 17.0. The maximum Gasteiger partial charge on any atom is 0.408 e. The lowest BCUT2D eigenvalue weighted by Crippen LogP contribution is -2.42. The van der Waals surface area contributed by atoms with Crippen LogP contribution in [-0.4, -0.2) is 38.4 Å². The van der Waals surface area contributed by atoms with Gasteiger partial charge in [-0.1, -0.05) is 17.7 Å². The Bertz CT molecular complexity index is 575. The third kappa shape index (κ3) is 2.02. The molecule has 1 saturated heterocycles. The van der Waals surface area contributed by atoms with E-state index in [4.69, 9.17) is 17.3 Å². The Morgan fingerprint density at radius 3 is 2.95 bits per heavy atom. The van der Waals surface area contributed by atoms with Crippen LogP contribution in [0.25, 0.3) is 5.57 Å². The standard InChI is InChI=1S/C12H13ClN4O2/c13-10-5-9(11(14)16-15-10)6-3-7-1-2-8(4-6)17(7)12(18)19/h3,5,7-8H,1-2,4H2,(H2,14,16)(H,18,19). The molecule has 100 valence electrons. The first-order valence-corrected chi connectivity index (χ1v) is 6.45. The minimum atomic E-state index is -0.860. The molecule has 2 unspecified atom stereocenters. The molecule has 7 heteroatoms. The van der Waals surface area contributed by atoms with Gasteiger partial charge in [-0.3, -0.25) is 4.90 Å². The van der Waals surface area contributed by atoms with Gasteiger partial charge in [-0.25, -0.2) is 4.79 Å². The predicted molar refractivity (Wildman–Crippen MR) is 70.7 cm³/mol. The number of amides is 1. The number of aromatic nitrogens is 2. The Hall–Kier alpha value is -1.82. The molecular formula is C12H13ClN4O2. The van der Waals surface area contributed by atoms with Gasteiger partial charge in [0.05, 0.1) is 6.04 Å². The average molecular weight is 281 g/mol. The van der Waals surface area contributed by atoms with Gasteiger partial charge in [0, 0.05) is 11.6 Å². The van der Waals surface area contributed by atoms with Gasteiger partial charge in [-0.15, -0.1) is 10.2 Å². The van der Waals surface area contributed by atoms with Crippen LogP contribution in [0, 0.1) is 0 Å². The van der Waals surface area contributed by atoms with E-state index in [-0.39, 0.29) is 17.2 Å². The summed E-state index contributed by atoms with van der Waals surface area (Å²) >= 11 is 5.84. The van der Waals surface area contributed by atoms with Gasteiger partial charge in [0.25, 0.3) is 0 Å². The van der Waals surface area contributed by atoms with Crippen molar-refractivity contribution in [3.63, 3.8) is 0 Å². The van der Waals surface area contributed by atoms with E-state index in [9.17, 15) is 9.90 Å². The van der Waals surface area contributed by atoms with Crippen LogP contribution in [0.5, 0.6) is 0 Å². The lowest BCUT2D eigenvalue weighted by Gasteiger charge is -2.31. The first-order chi connectivity index (χ1) is 9.06. The van der Waals surface area contributed by atoms with E-state index in [1.807, 2.05) is 6.08 Å². The van der Waals surface area contributed by atoms with Crippen LogP contribution in [-0.2, 0) is 0 Å². The highest BCUT2D eigenvalue weighted by atomic mass is 35.5. The molecule has 2 atom stereocenters. The Labute approximate surface area is 114 Å². The molecule has 1 aromatic heterocycles. The maximum atomic E-state index is 11.2. The van der Waals surface area contributed by atoms with Gasteiger partial charge in [-0.2, -0.15) is 0 Å². The van der Waals surface area contributed by atoms with Crippen LogP contribution in [0.3, 0.4) is 0 Å². The molecule has 0 radical (unpaired) electrons. The van der Waals surface area contributed by atoms with Crippen LogP contribution in [0.15, 0.2) is 12.1 Å². The molecule has 0 aliphatic carbocycles. The van der Waals surface area contributed by atoms with E-state index in [0.717, 1.165) is 24.0 Å². The van der Waals surface area contributed by atoms with Crippen molar-refractivity contribution >= 4 is 29.1 Å². The number of anilines is 1. The van der Waals surface area contributed by atoms with Gasteiger partial charge in [0.2, 0.25) is 0 Å². The monoisotopic (exact) mass is 280 g/mol. The number of halogens is 1. The number of carbonyl (C=O) groups is 1. The third-order valence-corrected chi connectivity index (χ3v) is 3.94. The SMILES string of the molecule is Nc1nnc(Cl)cc1C1=CC2CCC(C1)N2C(=O)O. The first-order valence-electron chi connectivity index (χ1n) is 6.07. The minimum absolute atomic E-state index is 0.0221. The van der Waals surface area contributed by atoms with E-state index in [1.54, 1.807) is 6.07 Å². The summed E-state index contributed by atoms with van der Waals surface area (Å²) in [4.78, 5) is 12.7. The quantitative estimate of drug-likeness (QED) is 0.821. The maximum absolute atomic E-state index is 11.2. The second-order valence-corrected chi connectivity index (χ2v) is 5.24. The molecule has 2 bridgehead atoms. The summed E-state index contributed by atoms with van der Waals surface area (Å²) in [5.41, 5.74) is 7.60. The van der Waals surface area contributed by atoms with Crippen LogP contribution >= 0.6 is 11.6 Å². The van der Waals surface area contributed by atoms with Crippen LogP contribution in [0.1, 0.15) is 24.8 Å². The first kappa shape index (κ1) is 12.2. The lowest BCUT2D eigenvalue weighted by atomic mass is 9.96. The van der Waals surface area contributed by atoms with Crippen LogP contribution in [0.2, 0.25) is 5.15 Å². The van der Waals surface area contributed by atoms with Crippen molar-refractivity contribution in [2.75, 3.05) is 5.73 Å². The molecule has 1 fully saturated rings. The van der Waals surface area contributed by atoms with Crippen molar-refractivity contribution in [3.05, 3.63) is 22.9 Å². The summed E-state index contributed by atoms with van der Waals surface area (Å²) in [6.45, 7) is 0. The highest BCUT2D eigenvalue weighted by Gasteiger charge is 2.40. The number of nitrogen functional groups attached to an aromatic ring is 1. The summed E-state index contributed by atoms with van der Waals surface area (Å²) in [6.07, 6.45) is 3.48. The number of nitrogens with zero attached hydrogens (tertiary/aromatic N) is 3. The Kier molecular flexibility index (Phi) is 2.82. The number of hydrogen-bond acceptors (Lipinski definition) is 4. The zero-order chi connectivity index (χ0) is 13.6. The van der Waals surface area contributed by atoms with Gasteiger partial charge < -0.3 is 10.8 Å². The smallest absolute Gasteiger partial charge is 0.408 e. The molecule has 3 heterocycles. The molecule has 3 rings (SSSR count). The zero-order valence-corrected chi connectivity index (χ0v) is 10.8. The highest BCUT2D eigenvalue weighted by Crippen LogP contribution is 2.39. The van der Waals surface area contributed by atoms with Crippen LogP contribution in [0.4, 0.5) is 10.6 Å². The highest BCUT2D eigenvalue weighted by molar-refractivity contribution is 6.29. The van der Waals surface area contributed by atoms with E-state index in [2.05, 4.69) is 10.2 Å². The van der Waals surface area contributed by atoms with Gasteiger partial charge in [-0.05, 0) is 30.9 Å². The fourth-order valence-corrected chi connectivity index (χ4v) is 3.11. The molecule has 3 N–H and O–H groups in total. The normalized spacial score (nSPS) is 25.3. The number of nitrogens with two attached hydrogens (primary N) is 1. The van der Waals surface area contributed by atoms with Gasteiger partial charge >= 0.3 is 6.09 Å². The topological polar surface area (TPSA) is 92.3 Å². The minimum Gasteiger partial charge on any atom is -0.465 e. The second-order valence-electron chi connectivity index (χ2n) is 4.85. The second kappa shape index (κ2) is 4.38. The fraction of sp³-hybridized carbons (Fsp3) is 0.417. The van der Waals surface area contributed by atoms with Crippen LogP contribution < -0.4 is 5.73 Å². The molecule has 1 aromatic rings. The molecular weight excluding hydrogens is 268 g/mol. The summed E-state index contributed by atoms with van der Waals surface area (Å²) < 4.78 is 0. The third-order valence-electron chi connectivity index (χ3n) is 3.75. The van der Waals surface area contributed by atoms with E-state index in [0.29, 0.717) is 12.2 Å². The van der Waals surface area contributed by atoms with E-state index < -0.39 is 6.09 Å². The molecule has 1 amide bonds. The summed E-state index contributed by atoms with van der Waals surface area (Å²) in [5.74, 6) is 0.332. The largest absolute Gasteiger partial charge is 0.465 e. The Morgan fingerprint density at radius 1 is 1.47 bits per heavy atom. The summed E-state index contributed by atoms with van der Waals surface area (Å²) in [6, 6.07) is 1.64. The predicted octanol–water partition coefficient (Wildman–Crippen LogP) is 2.01. The van der Waals surface area contributed by atoms with Crippen molar-refractivity contribution in [2.45, 2.75) is 31.3 Å². The number of hydrogen-bond donors (Lipinski definition) is 2.